The summed E-state index contributed by atoms with van der Waals surface area (Å²) >= 11 is 0. The van der Waals surface area contributed by atoms with E-state index in [0.717, 1.165) is 6.08 Å². The van der Waals surface area contributed by atoms with E-state index in [9.17, 15) is 9.18 Å². The molecule has 0 aliphatic rings. The van der Waals surface area contributed by atoms with E-state index in [0.29, 0.717) is 11.4 Å². The van der Waals surface area contributed by atoms with Gasteiger partial charge >= 0.3 is 0 Å². The number of allylic oxidation sites excluding steroid dienone is 3. The molecule has 2 aromatic heterocycles. The summed E-state index contributed by atoms with van der Waals surface area (Å²) < 4.78 is 23.5. The van der Waals surface area contributed by atoms with Crippen LogP contribution in [0, 0.1) is 0 Å². The molecule has 2 rings (SSSR count). The summed E-state index contributed by atoms with van der Waals surface area (Å²) in [7, 11) is 1.40. The fourth-order valence-electron chi connectivity index (χ4n) is 1.90. The van der Waals surface area contributed by atoms with Gasteiger partial charge in [-0.3, -0.25) is 9.78 Å². The van der Waals surface area contributed by atoms with Crippen LogP contribution in [0.1, 0.15) is 5.69 Å². The zero-order valence-corrected chi connectivity index (χ0v) is 14.1. The standard InChI is InChI=1S/C18H17FN4O3/c1-12(19)7-15(13(2)25-3)16-8-17(22-11-21-16)23-18(24)10-26-14-5-4-6-20-9-14/h4-9,11H,1-2,10H2,3H3,(H,21,22,23,24)/b15-7+. The highest BCUT2D eigenvalue weighted by molar-refractivity contribution is 5.91. The molecule has 1 N–H and O–H groups in total. The van der Waals surface area contributed by atoms with Gasteiger partial charge < -0.3 is 14.8 Å². The van der Waals surface area contributed by atoms with Crippen LogP contribution in [0.15, 0.2) is 67.7 Å². The van der Waals surface area contributed by atoms with Crippen LogP contribution in [0.5, 0.6) is 5.75 Å². The van der Waals surface area contributed by atoms with Crippen molar-refractivity contribution >= 4 is 17.3 Å². The van der Waals surface area contributed by atoms with E-state index < -0.39 is 11.7 Å². The molecule has 0 spiro atoms. The molecule has 0 unspecified atom stereocenters. The van der Waals surface area contributed by atoms with Crippen molar-refractivity contribution in [2.24, 2.45) is 0 Å². The number of hydrogen-bond donors (Lipinski definition) is 1. The van der Waals surface area contributed by atoms with Crippen molar-refractivity contribution in [3.8, 4) is 5.75 Å². The lowest BCUT2D eigenvalue weighted by molar-refractivity contribution is -0.118. The molecule has 0 saturated heterocycles. The number of pyridine rings is 1. The molecule has 0 fully saturated rings. The predicted octanol–water partition coefficient (Wildman–Crippen LogP) is 2.92. The van der Waals surface area contributed by atoms with Crippen LogP contribution in [-0.4, -0.2) is 34.6 Å². The molecular weight excluding hydrogens is 339 g/mol. The number of anilines is 1. The normalized spacial score (nSPS) is 10.8. The van der Waals surface area contributed by atoms with E-state index in [1.165, 1.54) is 25.7 Å². The van der Waals surface area contributed by atoms with Gasteiger partial charge in [0, 0.05) is 17.8 Å². The number of hydrogen-bond acceptors (Lipinski definition) is 6. The first-order valence-corrected chi connectivity index (χ1v) is 7.44. The van der Waals surface area contributed by atoms with Crippen LogP contribution >= 0.6 is 0 Å². The molecule has 0 bridgehead atoms. The zero-order chi connectivity index (χ0) is 18.9. The second kappa shape index (κ2) is 9.07. The number of halogens is 1. The van der Waals surface area contributed by atoms with Crippen molar-refractivity contribution in [3.63, 3.8) is 0 Å². The maximum absolute atomic E-state index is 13.2. The summed E-state index contributed by atoms with van der Waals surface area (Å²) in [6, 6.07) is 4.83. The molecular formula is C18H17FN4O3. The third-order valence-electron chi connectivity index (χ3n) is 3.06. The second-order valence-electron chi connectivity index (χ2n) is 4.95. The molecule has 134 valence electrons. The van der Waals surface area contributed by atoms with Crippen molar-refractivity contribution in [2.45, 2.75) is 0 Å². The minimum atomic E-state index is -0.688. The summed E-state index contributed by atoms with van der Waals surface area (Å²) in [5.74, 6) is -0.236. The number of methoxy groups -OCH3 is 1. The van der Waals surface area contributed by atoms with E-state index >= 15 is 0 Å². The lowest BCUT2D eigenvalue weighted by atomic mass is 10.1. The number of rotatable bonds is 8. The Hall–Kier alpha value is -3.55. The first kappa shape index (κ1) is 18.8. The van der Waals surface area contributed by atoms with Crippen LogP contribution in [0.4, 0.5) is 10.2 Å². The van der Waals surface area contributed by atoms with Gasteiger partial charge in [-0.05, 0) is 18.2 Å². The third-order valence-corrected chi connectivity index (χ3v) is 3.06. The van der Waals surface area contributed by atoms with E-state index in [4.69, 9.17) is 9.47 Å². The van der Waals surface area contributed by atoms with E-state index in [2.05, 4.69) is 33.4 Å². The van der Waals surface area contributed by atoms with E-state index in [1.54, 1.807) is 18.3 Å². The van der Waals surface area contributed by atoms with Gasteiger partial charge in [0.2, 0.25) is 0 Å². The summed E-state index contributed by atoms with van der Waals surface area (Å²) in [5, 5.41) is 2.57. The Morgan fingerprint density at radius 3 is 2.85 bits per heavy atom. The van der Waals surface area contributed by atoms with Crippen LogP contribution in [0.2, 0.25) is 0 Å². The smallest absolute Gasteiger partial charge is 0.263 e. The number of ether oxygens (including phenoxy) is 2. The predicted molar refractivity (Wildman–Crippen MR) is 94.8 cm³/mol. The minimum absolute atomic E-state index is 0.194. The average molecular weight is 356 g/mol. The Balaban J connectivity index is 2.09. The molecule has 26 heavy (non-hydrogen) atoms. The zero-order valence-electron chi connectivity index (χ0n) is 14.1. The van der Waals surface area contributed by atoms with Gasteiger partial charge in [0.15, 0.2) is 6.61 Å². The highest BCUT2D eigenvalue weighted by Crippen LogP contribution is 2.23. The SMILES string of the molecule is C=C(F)/C=C(\C(=C)OC)c1cc(NC(=O)COc2cccnc2)ncn1. The van der Waals surface area contributed by atoms with Crippen molar-refractivity contribution in [2.75, 3.05) is 19.0 Å². The van der Waals surface area contributed by atoms with Crippen molar-refractivity contribution < 1.29 is 18.7 Å². The van der Waals surface area contributed by atoms with Gasteiger partial charge in [0.25, 0.3) is 5.91 Å². The molecule has 7 nitrogen and oxygen atoms in total. The molecule has 0 atom stereocenters. The number of aromatic nitrogens is 3. The lowest BCUT2D eigenvalue weighted by Gasteiger charge is -2.11. The lowest BCUT2D eigenvalue weighted by Crippen LogP contribution is -2.21. The van der Waals surface area contributed by atoms with Crippen molar-refractivity contribution in [1.82, 2.24) is 15.0 Å². The van der Waals surface area contributed by atoms with Gasteiger partial charge in [-0.1, -0.05) is 13.2 Å². The second-order valence-corrected chi connectivity index (χ2v) is 4.95. The number of amides is 1. The summed E-state index contributed by atoms with van der Waals surface area (Å²) in [5.41, 5.74) is 0.596. The monoisotopic (exact) mass is 356 g/mol. The Kier molecular flexibility index (Phi) is 6.55. The van der Waals surface area contributed by atoms with Gasteiger partial charge in [-0.25, -0.2) is 14.4 Å². The molecule has 1 amide bonds. The molecule has 2 heterocycles. The van der Waals surface area contributed by atoms with E-state index in [1.807, 2.05) is 0 Å². The summed E-state index contributed by atoms with van der Waals surface area (Å²) in [4.78, 5) is 23.9. The molecule has 0 radical (unpaired) electrons. The molecule has 0 aliphatic carbocycles. The Morgan fingerprint density at radius 1 is 1.38 bits per heavy atom. The Labute approximate surface area is 149 Å². The van der Waals surface area contributed by atoms with Gasteiger partial charge in [0.05, 0.1) is 19.0 Å². The third kappa shape index (κ3) is 5.52. The first-order valence-electron chi connectivity index (χ1n) is 7.44. The highest BCUT2D eigenvalue weighted by Gasteiger charge is 2.12. The molecule has 2 aromatic rings. The maximum atomic E-state index is 13.2. The van der Waals surface area contributed by atoms with Crippen LogP contribution in [0.25, 0.3) is 5.57 Å². The molecule has 8 heteroatoms. The Bertz CT molecular complexity index is 837. The maximum Gasteiger partial charge on any atom is 0.263 e. The van der Waals surface area contributed by atoms with Crippen LogP contribution in [-0.2, 0) is 9.53 Å². The largest absolute Gasteiger partial charge is 0.497 e. The summed E-state index contributed by atoms with van der Waals surface area (Å²) in [6.45, 7) is 6.65. The molecule has 0 aliphatic heterocycles. The van der Waals surface area contributed by atoms with Crippen LogP contribution in [0.3, 0.4) is 0 Å². The number of carbonyl (C=O) groups excluding carboxylic acids is 1. The fraction of sp³-hybridized carbons (Fsp3) is 0.111. The minimum Gasteiger partial charge on any atom is -0.497 e. The topological polar surface area (TPSA) is 86.2 Å². The summed E-state index contributed by atoms with van der Waals surface area (Å²) in [6.07, 6.45) is 5.45. The quantitative estimate of drug-likeness (QED) is 0.578. The van der Waals surface area contributed by atoms with Gasteiger partial charge in [0.1, 0.15) is 29.5 Å². The number of carbonyl (C=O) groups is 1. The van der Waals surface area contributed by atoms with Crippen molar-refractivity contribution in [1.29, 1.82) is 0 Å². The van der Waals surface area contributed by atoms with E-state index in [-0.39, 0.29) is 23.8 Å². The molecule has 0 saturated carbocycles. The Morgan fingerprint density at radius 2 is 2.19 bits per heavy atom. The number of nitrogens with one attached hydrogen (secondary N) is 1. The van der Waals surface area contributed by atoms with Gasteiger partial charge in [-0.15, -0.1) is 0 Å². The first-order chi connectivity index (χ1) is 12.5. The van der Waals surface area contributed by atoms with Gasteiger partial charge in [-0.2, -0.15) is 0 Å². The average Bonchev–Trinajstić information content (AvgIpc) is 2.65. The highest BCUT2D eigenvalue weighted by atomic mass is 19.1. The molecule has 0 aromatic carbocycles. The van der Waals surface area contributed by atoms with Crippen LogP contribution < -0.4 is 10.1 Å². The van der Waals surface area contributed by atoms with Crippen molar-refractivity contribution in [3.05, 3.63) is 73.4 Å². The fourth-order valence-corrected chi connectivity index (χ4v) is 1.90. The number of nitrogens with zero attached hydrogens (tertiary/aromatic N) is 3.